The first-order chi connectivity index (χ1) is 10.4. The smallest absolute Gasteiger partial charge is 0.255 e. The van der Waals surface area contributed by atoms with Crippen LogP contribution in [0, 0.1) is 5.41 Å². The van der Waals surface area contributed by atoms with Gasteiger partial charge in [0.1, 0.15) is 0 Å². The summed E-state index contributed by atoms with van der Waals surface area (Å²) in [4.78, 5) is 15.8. The molecule has 0 aliphatic heterocycles. The van der Waals surface area contributed by atoms with E-state index < -0.39 is 5.41 Å². The molecule has 1 aliphatic rings. The van der Waals surface area contributed by atoms with Crippen molar-refractivity contribution in [1.29, 1.82) is 0 Å². The maximum absolute atomic E-state index is 12.1. The Bertz CT molecular complexity index is 751. The van der Waals surface area contributed by atoms with E-state index >= 15 is 0 Å². The summed E-state index contributed by atoms with van der Waals surface area (Å²) in [5.41, 5.74) is 11.8. The Labute approximate surface area is 132 Å². The summed E-state index contributed by atoms with van der Waals surface area (Å²) in [6.45, 7) is 1.86. The highest BCUT2D eigenvalue weighted by Crippen LogP contribution is 2.60. The van der Waals surface area contributed by atoms with Crippen molar-refractivity contribution in [1.82, 2.24) is 9.78 Å². The minimum Gasteiger partial charge on any atom is -0.370 e. The standard InChI is InChI=1S/C15H16ClN5O/c1-15(13(22)20-14(17)18)8-12(15)9-5-10(16)7-11(6-9)21-4-2-3-19-21/h2-7,12H,8H2,1H3,(H4,17,18,20,22). The van der Waals surface area contributed by atoms with Gasteiger partial charge < -0.3 is 11.5 Å². The van der Waals surface area contributed by atoms with Crippen LogP contribution in [0.1, 0.15) is 24.8 Å². The summed E-state index contributed by atoms with van der Waals surface area (Å²) >= 11 is 6.20. The number of benzene rings is 1. The van der Waals surface area contributed by atoms with Crippen molar-refractivity contribution in [3.8, 4) is 5.69 Å². The number of aliphatic imine (C=N–C) groups is 1. The Morgan fingerprint density at radius 1 is 1.45 bits per heavy atom. The van der Waals surface area contributed by atoms with Gasteiger partial charge in [0.25, 0.3) is 5.91 Å². The Kier molecular flexibility index (Phi) is 3.41. The van der Waals surface area contributed by atoms with E-state index in [0.29, 0.717) is 11.4 Å². The molecule has 1 aliphatic carbocycles. The third-order valence-corrected chi connectivity index (χ3v) is 4.25. The fourth-order valence-corrected chi connectivity index (χ4v) is 2.92. The SMILES string of the molecule is CC1(C(=O)N=C(N)N)CC1c1cc(Cl)cc(-n2cccn2)c1. The quantitative estimate of drug-likeness (QED) is 0.666. The first kappa shape index (κ1) is 14.6. The number of rotatable bonds is 3. The summed E-state index contributed by atoms with van der Waals surface area (Å²) in [6.07, 6.45) is 4.23. The molecule has 1 aromatic heterocycles. The van der Waals surface area contributed by atoms with Crippen molar-refractivity contribution < 1.29 is 4.79 Å². The van der Waals surface area contributed by atoms with E-state index in [1.807, 2.05) is 37.4 Å². The van der Waals surface area contributed by atoms with Crippen LogP contribution in [0.3, 0.4) is 0 Å². The topological polar surface area (TPSA) is 99.3 Å². The number of carbonyl (C=O) groups is 1. The van der Waals surface area contributed by atoms with Crippen molar-refractivity contribution in [3.05, 3.63) is 47.2 Å². The molecule has 1 aromatic carbocycles. The number of nitrogens with two attached hydrogens (primary N) is 2. The van der Waals surface area contributed by atoms with Gasteiger partial charge in [-0.15, -0.1) is 0 Å². The van der Waals surface area contributed by atoms with E-state index in [0.717, 1.165) is 11.3 Å². The summed E-state index contributed by atoms with van der Waals surface area (Å²) < 4.78 is 1.73. The van der Waals surface area contributed by atoms with Crippen molar-refractivity contribution in [2.75, 3.05) is 0 Å². The summed E-state index contributed by atoms with van der Waals surface area (Å²) in [5, 5.41) is 4.80. The molecule has 3 rings (SSSR count). The van der Waals surface area contributed by atoms with E-state index in [9.17, 15) is 4.79 Å². The van der Waals surface area contributed by atoms with Crippen LogP contribution in [-0.2, 0) is 4.79 Å². The molecule has 1 saturated carbocycles. The minimum atomic E-state index is -0.573. The highest BCUT2D eigenvalue weighted by Gasteiger charge is 2.56. The van der Waals surface area contributed by atoms with Gasteiger partial charge >= 0.3 is 0 Å². The van der Waals surface area contributed by atoms with Crippen LogP contribution in [0.25, 0.3) is 5.69 Å². The Balaban J connectivity index is 1.91. The van der Waals surface area contributed by atoms with Gasteiger partial charge in [0, 0.05) is 17.4 Å². The van der Waals surface area contributed by atoms with E-state index in [1.54, 1.807) is 10.9 Å². The van der Waals surface area contributed by atoms with Gasteiger partial charge in [0.05, 0.1) is 11.1 Å². The largest absolute Gasteiger partial charge is 0.370 e. The molecule has 22 heavy (non-hydrogen) atoms. The fraction of sp³-hybridized carbons (Fsp3) is 0.267. The second-order valence-corrected chi connectivity index (χ2v) is 6.15. The first-order valence-electron chi connectivity index (χ1n) is 6.85. The van der Waals surface area contributed by atoms with Gasteiger partial charge in [0.2, 0.25) is 0 Å². The maximum atomic E-state index is 12.1. The molecule has 0 radical (unpaired) electrons. The number of amides is 1. The van der Waals surface area contributed by atoms with Crippen molar-refractivity contribution >= 4 is 23.5 Å². The van der Waals surface area contributed by atoms with Crippen molar-refractivity contribution in [3.63, 3.8) is 0 Å². The van der Waals surface area contributed by atoms with E-state index in [2.05, 4.69) is 10.1 Å². The molecule has 4 N–H and O–H groups in total. The van der Waals surface area contributed by atoms with Gasteiger partial charge in [-0.3, -0.25) is 4.79 Å². The number of hydrogen-bond acceptors (Lipinski definition) is 2. The van der Waals surface area contributed by atoms with Crippen LogP contribution in [0.2, 0.25) is 5.02 Å². The van der Waals surface area contributed by atoms with Crippen LogP contribution in [-0.4, -0.2) is 21.6 Å². The number of aromatic nitrogens is 2. The average Bonchev–Trinajstić information content (AvgIpc) is 2.90. The molecule has 2 unspecified atom stereocenters. The Morgan fingerprint density at radius 3 is 2.86 bits per heavy atom. The van der Waals surface area contributed by atoms with Crippen molar-refractivity contribution in [2.24, 2.45) is 21.9 Å². The number of hydrogen-bond donors (Lipinski definition) is 2. The van der Waals surface area contributed by atoms with Gasteiger partial charge in [-0.1, -0.05) is 18.5 Å². The number of halogens is 1. The first-order valence-corrected chi connectivity index (χ1v) is 7.22. The van der Waals surface area contributed by atoms with Gasteiger partial charge in [-0.2, -0.15) is 10.1 Å². The minimum absolute atomic E-state index is 0.0520. The van der Waals surface area contributed by atoms with E-state index in [1.165, 1.54) is 0 Å². The zero-order chi connectivity index (χ0) is 15.9. The summed E-state index contributed by atoms with van der Waals surface area (Å²) in [7, 11) is 0. The van der Waals surface area contributed by atoms with Gasteiger partial charge in [0.15, 0.2) is 5.96 Å². The number of guanidine groups is 1. The Morgan fingerprint density at radius 2 is 2.23 bits per heavy atom. The van der Waals surface area contributed by atoms with Crippen LogP contribution >= 0.6 is 11.6 Å². The lowest BCUT2D eigenvalue weighted by Gasteiger charge is -2.10. The lowest BCUT2D eigenvalue weighted by Crippen LogP contribution is -2.26. The van der Waals surface area contributed by atoms with Crippen LogP contribution in [0.5, 0.6) is 0 Å². The monoisotopic (exact) mass is 317 g/mol. The second kappa shape index (κ2) is 5.14. The maximum Gasteiger partial charge on any atom is 0.255 e. The zero-order valence-electron chi connectivity index (χ0n) is 12.0. The molecule has 2 atom stereocenters. The van der Waals surface area contributed by atoms with Crippen LogP contribution < -0.4 is 11.5 Å². The number of carbonyl (C=O) groups excluding carboxylic acids is 1. The highest BCUT2D eigenvalue weighted by molar-refractivity contribution is 6.30. The molecule has 1 fully saturated rings. The molecule has 1 heterocycles. The van der Waals surface area contributed by atoms with E-state index in [4.69, 9.17) is 23.1 Å². The molecular formula is C15H16ClN5O. The average molecular weight is 318 g/mol. The molecule has 114 valence electrons. The molecular weight excluding hydrogens is 302 g/mol. The molecule has 1 amide bonds. The lowest BCUT2D eigenvalue weighted by molar-refractivity contribution is -0.122. The normalized spacial score (nSPS) is 23.1. The third-order valence-electron chi connectivity index (χ3n) is 4.03. The molecule has 6 nitrogen and oxygen atoms in total. The zero-order valence-corrected chi connectivity index (χ0v) is 12.8. The van der Waals surface area contributed by atoms with E-state index in [-0.39, 0.29) is 17.8 Å². The summed E-state index contributed by atoms with van der Waals surface area (Å²) in [5.74, 6) is -0.450. The fourth-order valence-electron chi connectivity index (χ4n) is 2.68. The molecule has 0 saturated heterocycles. The predicted octanol–water partition coefficient (Wildman–Crippen LogP) is 1.82. The Hall–Kier alpha value is -2.34. The molecule has 7 heteroatoms. The molecule has 0 bridgehead atoms. The van der Waals surface area contributed by atoms with Gasteiger partial charge in [-0.25, -0.2) is 4.68 Å². The summed E-state index contributed by atoms with van der Waals surface area (Å²) in [6, 6.07) is 7.52. The highest BCUT2D eigenvalue weighted by atomic mass is 35.5. The second-order valence-electron chi connectivity index (χ2n) is 5.71. The molecule has 0 spiro atoms. The number of nitrogens with zero attached hydrogens (tertiary/aromatic N) is 3. The molecule has 2 aromatic rings. The van der Waals surface area contributed by atoms with Crippen LogP contribution in [0.4, 0.5) is 0 Å². The lowest BCUT2D eigenvalue weighted by atomic mass is 10.00. The van der Waals surface area contributed by atoms with Crippen LogP contribution in [0.15, 0.2) is 41.7 Å². The van der Waals surface area contributed by atoms with Crippen molar-refractivity contribution in [2.45, 2.75) is 19.3 Å². The predicted molar refractivity (Wildman–Crippen MR) is 84.9 cm³/mol. The van der Waals surface area contributed by atoms with Gasteiger partial charge in [-0.05, 0) is 42.2 Å². The third kappa shape index (κ3) is 2.57.